The molecule has 0 bridgehead atoms. The van der Waals surface area contributed by atoms with Crippen molar-refractivity contribution < 1.29 is 9.90 Å². The molecule has 0 aromatic carbocycles. The molecule has 0 unspecified atom stereocenters. The highest BCUT2D eigenvalue weighted by Crippen LogP contribution is 1.99. The minimum Gasteiger partial charge on any atom is -0.396 e. The van der Waals surface area contributed by atoms with Gasteiger partial charge in [0.25, 0.3) is 0 Å². The predicted octanol–water partition coefficient (Wildman–Crippen LogP) is 0.760. The van der Waals surface area contributed by atoms with Crippen LogP contribution < -0.4 is 0 Å². The molecular formula is C7H12O2. The summed E-state index contributed by atoms with van der Waals surface area (Å²) in [5, 5.41) is 8.51. The number of carbonyl (C=O) groups excluding carboxylic acids is 1. The molecule has 9 heavy (non-hydrogen) atoms. The molecule has 0 aromatic rings. The summed E-state index contributed by atoms with van der Waals surface area (Å²) >= 11 is 0. The summed E-state index contributed by atoms with van der Waals surface area (Å²) < 4.78 is 0. The lowest BCUT2D eigenvalue weighted by Gasteiger charge is -1.99. The molecule has 0 heterocycles. The second kappa shape index (κ2) is 5.51. The number of aldehydes is 1. The normalized spacial score (nSPS) is 14.0. The van der Waals surface area contributed by atoms with Crippen molar-refractivity contribution >= 4 is 6.29 Å². The minimum absolute atomic E-state index is 0.184. The maximum absolute atomic E-state index is 9.73. The SMILES string of the molecule is C[C@@H](CO)C/C=C/C=O. The quantitative estimate of drug-likeness (QED) is 0.448. The first-order valence-electron chi connectivity index (χ1n) is 3.02. The molecule has 2 nitrogen and oxygen atoms in total. The lowest BCUT2D eigenvalue weighted by Crippen LogP contribution is -1.97. The zero-order valence-corrected chi connectivity index (χ0v) is 5.58. The lowest BCUT2D eigenvalue weighted by atomic mass is 10.1. The van der Waals surface area contributed by atoms with Gasteiger partial charge in [-0.2, -0.15) is 0 Å². The Bertz CT molecular complexity index is 97.1. The second-order valence-electron chi connectivity index (χ2n) is 2.09. The van der Waals surface area contributed by atoms with E-state index in [0.29, 0.717) is 0 Å². The molecule has 1 N–H and O–H groups in total. The topological polar surface area (TPSA) is 37.3 Å². The van der Waals surface area contributed by atoms with Crippen molar-refractivity contribution in [3.63, 3.8) is 0 Å². The number of hydrogen-bond acceptors (Lipinski definition) is 2. The van der Waals surface area contributed by atoms with Crippen molar-refractivity contribution in [1.29, 1.82) is 0 Å². The first-order chi connectivity index (χ1) is 4.31. The summed E-state index contributed by atoms with van der Waals surface area (Å²) in [4.78, 5) is 9.73. The molecule has 0 radical (unpaired) electrons. The zero-order chi connectivity index (χ0) is 7.11. The predicted molar refractivity (Wildman–Crippen MR) is 36.1 cm³/mol. The number of carbonyl (C=O) groups is 1. The standard InChI is InChI=1S/C7H12O2/c1-7(6-9)4-2-3-5-8/h2-3,5,7,9H,4,6H2,1H3/b3-2+/t7-/m1/s1. The van der Waals surface area contributed by atoms with E-state index in [9.17, 15) is 4.79 Å². The largest absolute Gasteiger partial charge is 0.396 e. The summed E-state index contributed by atoms with van der Waals surface area (Å²) in [5.74, 6) is 0.265. The highest BCUT2D eigenvalue weighted by Gasteiger charge is 1.93. The van der Waals surface area contributed by atoms with Gasteiger partial charge >= 0.3 is 0 Å². The monoisotopic (exact) mass is 128 g/mol. The van der Waals surface area contributed by atoms with Crippen LogP contribution in [-0.2, 0) is 4.79 Å². The zero-order valence-electron chi connectivity index (χ0n) is 5.58. The van der Waals surface area contributed by atoms with E-state index in [4.69, 9.17) is 5.11 Å². The Morgan fingerprint density at radius 2 is 2.33 bits per heavy atom. The Hall–Kier alpha value is -0.630. The molecule has 0 spiro atoms. The van der Waals surface area contributed by atoms with E-state index in [1.165, 1.54) is 6.08 Å². The fourth-order valence-corrected chi connectivity index (χ4v) is 0.441. The number of allylic oxidation sites excluding steroid dienone is 2. The van der Waals surface area contributed by atoms with E-state index in [0.717, 1.165) is 12.7 Å². The molecule has 0 rings (SSSR count). The van der Waals surface area contributed by atoms with Crippen molar-refractivity contribution in [3.8, 4) is 0 Å². The van der Waals surface area contributed by atoms with Crippen molar-refractivity contribution in [2.45, 2.75) is 13.3 Å². The Kier molecular flexibility index (Phi) is 5.12. The lowest BCUT2D eigenvalue weighted by molar-refractivity contribution is -0.104. The van der Waals surface area contributed by atoms with E-state index in [2.05, 4.69) is 0 Å². The van der Waals surface area contributed by atoms with E-state index >= 15 is 0 Å². The average Bonchev–Trinajstić information content (AvgIpc) is 1.89. The summed E-state index contributed by atoms with van der Waals surface area (Å²) in [6, 6.07) is 0. The van der Waals surface area contributed by atoms with E-state index < -0.39 is 0 Å². The van der Waals surface area contributed by atoms with Crippen LogP contribution in [0.3, 0.4) is 0 Å². The van der Waals surface area contributed by atoms with Gasteiger partial charge in [0.1, 0.15) is 6.29 Å². The van der Waals surface area contributed by atoms with Crippen LogP contribution in [0.1, 0.15) is 13.3 Å². The van der Waals surface area contributed by atoms with Crippen molar-refractivity contribution in [1.82, 2.24) is 0 Å². The molecule has 52 valence electrons. The molecular weight excluding hydrogens is 116 g/mol. The van der Waals surface area contributed by atoms with Crippen LogP contribution in [0.2, 0.25) is 0 Å². The van der Waals surface area contributed by atoms with Crippen LogP contribution in [0, 0.1) is 5.92 Å². The van der Waals surface area contributed by atoms with Crippen LogP contribution in [0.25, 0.3) is 0 Å². The minimum atomic E-state index is 0.184. The van der Waals surface area contributed by atoms with Gasteiger partial charge < -0.3 is 5.11 Å². The number of rotatable bonds is 4. The molecule has 0 amide bonds. The van der Waals surface area contributed by atoms with Gasteiger partial charge in [0.05, 0.1) is 0 Å². The molecule has 1 atom stereocenters. The van der Waals surface area contributed by atoms with Gasteiger partial charge in [-0.05, 0) is 18.4 Å². The molecule has 0 aliphatic heterocycles. The number of aliphatic hydroxyl groups excluding tert-OH is 1. The maximum Gasteiger partial charge on any atom is 0.142 e. The highest BCUT2D eigenvalue weighted by atomic mass is 16.3. The Morgan fingerprint density at radius 1 is 1.67 bits per heavy atom. The van der Waals surface area contributed by atoms with Crippen LogP contribution in [0.15, 0.2) is 12.2 Å². The summed E-state index contributed by atoms with van der Waals surface area (Å²) in [7, 11) is 0. The van der Waals surface area contributed by atoms with Gasteiger partial charge in [0, 0.05) is 6.61 Å². The Morgan fingerprint density at radius 3 is 2.78 bits per heavy atom. The second-order valence-corrected chi connectivity index (χ2v) is 2.09. The number of aliphatic hydroxyl groups is 1. The Labute approximate surface area is 55.2 Å². The molecule has 0 aliphatic rings. The molecule has 0 saturated heterocycles. The highest BCUT2D eigenvalue weighted by molar-refractivity contribution is 5.64. The van der Waals surface area contributed by atoms with Crippen LogP contribution in [0.4, 0.5) is 0 Å². The molecule has 0 saturated carbocycles. The first kappa shape index (κ1) is 8.37. The van der Waals surface area contributed by atoms with Crippen molar-refractivity contribution in [2.75, 3.05) is 6.61 Å². The van der Waals surface area contributed by atoms with Gasteiger partial charge in [0.2, 0.25) is 0 Å². The van der Waals surface area contributed by atoms with Gasteiger partial charge in [-0.3, -0.25) is 4.79 Å². The van der Waals surface area contributed by atoms with E-state index in [1.807, 2.05) is 6.92 Å². The molecule has 0 fully saturated rings. The van der Waals surface area contributed by atoms with Crippen molar-refractivity contribution in [3.05, 3.63) is 12.2 Å². The first-order valence-corrected chi connectivity index (χ1v) is 3.02. The van der Waals surface area contributed by atoms with Crippen molar-refractivity contribution in [2.24, 2.45) is 5.92 Å². The molecule has 2 heteroatoms. The van der Waals surface area contributed by atoms with Gasteiger partial charge in [-0.15, -0.1) is 0 Å². The van der Waals surface area contributed by atoms with E-state index in [1.54, 1.807) is 6.08 Å². The summed E-state index contributed by atoms with van der Waals surface area (Å²) in [6.07, 6.45) is 4.72. The summed E-state index contributed by atoms with van der Waals surface area (Å²) in [6.45, 7) is 2.11. The van der Waals surface area contributed by atoms with Gasteiger partial charge in [0.15, 0.2) is 0 Å². The number of hydrogen-bond donors (Lipinski definition) is 1. The van der Waals surface area contributed by atoms with Crippen LogP contribution in [-0.4, -0.2) is 18.0 Å². The summed E-state index contributed by atoms with van der Waals surface area (Å²) in [5.41, 5.74) is 0. The van der Waals surface area contributed by atoms with Crippen LogP contribution in [0.5, 0.6) is 0 Å². The van der Waals surface area contributed by atoms with E-state index in [-0.39, 0.29) is 12.5 Å². The average molecular weight is 128 g/mol. The fraction of sp³-hybridized carbons (Fsp3) is 0.571. The van der Waals surface area contributed by atoms with Gasteiger partial charge in [-0.25, -0.2) is 0 Å². The third kappa shape index (κ3) is 5.24. The van der Waals surface area contributed by atoms with Crippen LogP contribution >= 0.6 is 0 Å². The fourth-order valence-electron chi connectivity index (χ4n) is 0.441. The smallest absolute Gasteiger partial charge is 0.142 e. The third-order valence-corrected chi connectivity index (χ3v) is 1.06. The van der Waals surface area contributed by atoms with Gasteiger partial charge in [-0.1, -0.05) is 13.0 Å². The Balaban J connectivity index is 3.25. The molecule has 0 aromatic heterocycles. The maximum atomic E-state index is 9.73. The molecule has 0 aliphatic carbocycles. The third-order valence-electron chi connectivity index (χ3n) is 1.06.